The van der Waals surface area contributed by atoms with Crippen molar-refractivity contribution in [1.29, 1.82) is 0 Å². The smallest absolute Gasteiger partial charge is 0.151 e. The van der Waals surface area contributed by atoms with Gasteiger partial charge in [-0.1, -0.05) is 12.1 Å². The Morgan fingerprint density at radius 1 is 1.47 bits per heavy atom. The fourth-order valence-electron chi connectivity index (χ4n) is 2.78. The van der Waals surface area contributed by atoms with E-state index in [0.717, 1.165) is 37.6 Å². The molecule has 0 bridgehead atoms. The maximum atomic E-state index is 5.44. The molecule has 1 atom stereocenters. The summed E-state index contributed by atoms with van der Waals surface area (Å²) < 4.78 is 5.44. The van der Waals surface area contributed by atoms with Gasteiger partial charge in [0.2, 0.25) is 0 Å². The van der Waals surface area contributed by atoms with Crippen molar-refractivity contribution in [1.82, 2.24) is 20.3 Å². The lowest BCUT2D eigenvalue weighted by Crippen LogP contribution is -2.39. The molecular formula is C14H26N4O. The second-order valence-electron chi connectivity index (χ2n) is 5.46. The molecule has 0 amide bonds. The van der Waals surface area contributed by atoms with Gasteiger partial charge in [-0.15, -0.1) is 0 Å². The van der Waals surface area contributed by atoms with Crippen LogP contribution in [0.15, 0.2) is 10.6 Å². The molecule has 108 valence electrons. The van der Waals surface area contributed by atoms with Crippen molar-refractivity contribution in [2.24, 2.45) is 0 Å². The third-order valence-electron chi connectivity index (χ3n) is 3.82. The van der Waals surface area contributed by atoms with E-state index in [-0.39, 0.29) is 0 Å². The van der Waals surface area contributed by atoms with E-state index in [1.54, 1.807) is 0 Å². The number of rotatable bonds is 5. The Morgan fingerprint density at radius 3 is 3.05 bits per heavy atom. The highest BCUT2D eigenvalue weighted by atomic mass is 16.5. The van der Waals surface area contributed by atoms with Crippen molar-refractivity contribution < 1.29 is 4.52 Å². The minimum atomic E-state index is 0.616. The van der Waals surface area contributed by atoms with Crippen LogP contribution in [0.25, 0.3) is 0 Å². The summed E-state index contributed by atoms with van der Waals surface area (Å²) in [6.45, 7) is 7.39. The van der Waals surface area contributed by atoms with E-state index < -0.39 is 0 Å². The summed E-state index contributed by atoms with van der Waals surface area (Å²) in [5.74, 6) is 0.980. The van der Waals surface area contributed by atoms with Gasteiger partial charge in [0.25, 0.3) is 0 Å². The molecule has 1 aliphatic rings. The first-order chi connectivity index (χ1) is 9.22. The molecule has 2 heterocycles. The number of likely N-dealkylation sites (N-methyl/N-ethyl adjacent to an activating group) is 1. The standard InChI is InChI=1S/C14H26N4O/c1-4-13-10-17(3)6-5-7-18(13)11-14-8-12(9-15-2)16-19-14/h8,13,15H,4-7,9-11H2,1-3H3. The van der Waals surface area contributed by atoms with E-state index in [2.05, 4.69) is 40.3 Å². The normalized spacial score (nSPS) is 22.6. The molecule has 1 aromatic heterocycles. The van der Waals surface area contributed by atoms with Gasteiger partial charge in [-0.3, -0.25) is 4.90 Å². The van der Waals surface area contributed by atoms with Crippen LogP contribution >= 0.6 is 0 Å². The van der Waals surface area contributed by atoms with Gasteiger partial charge in [0.15, 0.2) is 5.76 Å². The van der Waals surface area contributed by atoms with E-state index in [9.17, 15) is 0 Å². The zero-order valence-corrected chi connectivity index (χ0v) is 12.4. The Hall–Kier alpha value is -0.910. The summed E-state index contributed by atoms with van der Waals surface area (Å²) in [4.78, 5) is 4.97. The Morgan fingerprint density at radius 2 is 2.32 bits per heavy atom. The van der Waals surface area contributed by atoms with E-state index in [1.165, 1.54) is 19.4 Å². The van der Waals surface area contributed by atoms with E-state index in [1.807, 2.05) is 7.05 Å². The molecule has 1 fully saturated rings. The summed E-state index contributed by atoms with van der Waals surface area (Å²) in [5, 5.41) is 7.18. The summed E-state index contributed by atoms with van der Waals surface area (Å²) in [6, 6.07) is 2.68. The third-order valence-corrected chi connectivity index (χ3v) is 3.82. The predicted molar refractivity (Wildman–Crippen MR) is 75.9 cm³/mol. The minimum Gasteiger partial charge on any atom is -0.360 e. The largest absolute Gasteiger partial charge is 0.360 e. The van der Waals surface area contributed by atoms with Gasteiger partial charge in [0.05, 0.1) is 12.2 Å². The molecule has 0 saturated carbocycles. The van der Waals surface area contributed by atoms with Gasteiger partial charge in [-0.05, 0) is 33.5 Å². The lowest BCUT2D eigenvalue weighted by Gasteiger charge is -2.29. The van der Waals surface area contributed by atoms with Crippen molar-refractivity contribution in [3.63, 3.8) is 0 Å². The van der Waals surface area contributed by atoms with E-state index in [4.69, 9.17) is 4.52 Å². The highest BCUT2D eigenvalue weighted by Crippen LogP contribution is 2.16. The molecule has 1 unspecified atom stereocenters. The number of nitrogens with zero attached hydrogens (tertiary/aromatic N) is 3. The Bertz CT molecular complexity index is 379. The SMILES string of the molecule is CCC1CN(C)CCCN1Cc1cc(CNC)no1. The van der Waals surface area contributed by atoms with Gasteiger partial charge in [0.1, 0.15) is 0 Å². The fraction of sp³-hybridized carbons (Fsp3) is 0.786. The van der Waals surface area contributed by atoms with Crippen LogP contribution in [-0.4, -0.2) is 54.7 Å². The second-order valence-corrected chi connectivity index (χ2v) is 5.46. The first-order valence-corrected chi connectivity index (χ1v) is 7.24. The average Bonchev–Trinajstić information content (AvgIpc) is 2.74. The topological polar surface area (TPSA) is 44.5 Å². The molecule has 0 aromatic carbocycles. The molecule has 2 rings (SSSR count). The molecule has 0 spiro atoms. The monoisotopic (exact) mass is 266 g/mol. The van der Waals surface area contributed by atoms with Gasteiger partial charge in [0, 0.05) is 31.7 Å². The molecule has 1 aromatic rings. The molecule has 5 heteroatoms. The third kappa shape index (κ3) is 4.03. The molecule has 1 aliphatic heterocycles. The number of hydrogen-bond acceptors (Lipinski definition) is 5. The zero-order valence-electron chi connectivity index (χ0n) is 12.4. The van der Waals surface area contributed by atoms with Crippen LogP contribution in [0, 0.1) is 0 Å². The van der Waals surface area contributed by atoms with Crippen LogP contribution in [0.4, 0.5) is 0 Å². The molecular weight excluding hydrogens is 240 g/mol. The van der Waals surface area contributed by atoms with Crippen molar-refractivity contribution in [3.8, 4) is 0 Å². The highest BCUT2D eigenvalue weighted by molar-refractivity contribution is 5.05. The Balaban J connectivity index is 1.98. The molecule has 0 radical (unpaired) electrons. The zero-order chi connectivity index (χ0) is 13.7. The van der Waals surface area contributed by atoms with Crippen LogP contribution < -0.4 is 5.32 Å². The van der Waals surface area contributed by atoms with E-state index in [0.29, 0.717) is 6.04 Å². The van der Waals surface area contributed by atoms with Crippen LogP contribution in [0.2, 0.25) is 0 Å². The van der Waals surface area contributed by atoms with Crippen LogP contribution in [-0.2, 0) is 13.1 Å². The van der Waals surface area contributed by atoms with Crippen molar-refractivity contribution >= 4 is 0 Å². The fourth-order valence-corrected chi connectivity index (χ4v) is 2.78. The molecule has 19 heavy (non-hydrogen) atoms. The first kappa shape index (κ1) is 14.5. The van der Waals surface area contributed by atoms with Gasteiger partial charge < -0.3 is 14.7 Å². The summed E-state index contributed by atoms with van der Waals surface area (Å²) >= 11 is 0. The van der Waals surface area contributed by atoms with Gasteiger partial charge >= 0.3 is 0 Å². The van der Waals surface area contributed by atoms with E-state index >= 15 is 0 Å². The van der Waals surface area contributed by atoms with Crippen LogP contribution in [0.3, 0.4) is 0 Å². The number of aromatic nitrogens is 1. The molecule has 5 nitrogen and oxygen atoms in total. The average molecular weight is 266 g/mol. The lowest BCUT2D eigenvalue weighted by atomic mass is 10.2. The summed E-state index contributed by atoms with van der Waals surface area (Å²) in [5.41, 5.74) is 0.984. The molecule has 0 aliphatic carbocycles. The van der Waals surface area contributed by atoms with Gasteiger partial charge in [-0.2, -0.15) is 0 Å². The summed E-state index contributed by atoms with van der Waals surface area (Å²) in [6.07, 6.45) is 2.41. The maximum absolute atomic E-state index is 5.44. The number of nitrogens with one attached hydrogen (secondary N) is 1. The molecule has 1 N–H and O–H groups in total. The van der Waals surface area contributed by atoms with Crippen molar-refractivity contribution in [2.45, 2.75) is 38.9 Å². The quantitative estimate of drug-likeness (QED) is 0.870. The Kier molecular flexibility index (Phi) is 5.36. The number of hydrogen-bond donors (Lipinski definition) is 1. The van der Waals surface area contributed by atoms with Crippen LogP contribution in [0.1, 0.15) is 31.2 Å². The van der Waals surface area contributed by atoms with Crippen molar-refractivity contribution in [3.05, 3.63) is 17.5 Å². The maximum Gasteiger partial charge on any atom is 0.151 e. The minimum absolute atomic E-state index is 0.616. The van der Waals surface area contributed by atoms with Crippen LogP contribution in [0.5, 0.6) is 0 Å². The highest BCUT2D eigenvalue weighted by Gasteiger charge is 2.23. The second kappa shape index (κ2) is 7.03. The first-order valence-electron chi connectivity index (χ1n) is 7.24. The van der Waals surface area contributed by atoms with Crippen molar-refractivity contribution in [2.75, 3.05) is 33.7 Å². The Labute approximate surface area is 115 Å². The lowest BCUT2D eigenvalue weighted by molar-refractivity contribution is 0.159. The van der Waals surface area contributed by atoms with Gasteiger partial charge in [-0.25, -0.2) is 0 Å². The predicted octanol–water partition coefficient (Wildman–Crippen LogP) is 1.31. The summed E-state index contributed by atoms with van der Waals surface area (Å²) in [7, 11) is 4.14. The molecule has 1 saturated heterocycles.